The normalized spacial score (nSPS) is 24.2. The molecule has 0 atom stereocenters. The molecule has 0 bridgehead atoms. The molecule has 1 saturated heterocycles. The maximum Gasteiger partial charge on any atom is 0.219 e. The maximum absolute atomic E-state index is 12.4. The van der Waals surface area contributed by atoms with E-state index in [1.807, 2.05) is 0 Å². The van der Waals surface area contributed by atoms with Crippen LogP contribution in [-0.4, -0.2) is 55.0 Å². The van der Waals surface area contributed by atoms with Crippen LogP contribution in [0.1, 0.15) is 39.0 Å². The van der Waals surface area contributed by atoms with E-state index in [0.717, 1.165) is 32.1 Å². The molecule has 0 spiro atoms. The molecule has 2 rings (SSSR count). The molecule has 1 saturated carbocycles. The molecular weight excluding hydrogens is 252 g/mol. The largest absolute Gasteiger partial charge is 0.340 e. The number of piperazine rings is 1. The number of carbonyl (C=O) groups excluding carboxylic acids is 1. The Morgan fingerprint density at radius 3 is 2.06 bits per heavy atom. The van der Waals surface area contributed by atoms with Crippen molar-refractivity contribution in [3.8, 4) is 0 Å². The summed E-state index contributed by atoms with van der Waals surface area (Å²) < 4.78 is 26.5. The van der Waals surface area contributed by atoms with Crippen LogP contribution in [0.4, 0.5) is 0 Å². The van der Waals surface area contributed by atoms with Gasteiger partial charge in [0.1, 0.15) is 0 Å². The lowest BCUT2D eigenvalue weighted by atomic mass is 10.0. The quantitative estimate of drug-likeness (QED) is 0.749. The molecule has 1 aliphatic heterocycles. The van der Waals surface area contributed by atoms with Gasteiger partial charge in [-0.3, -0.25) is 4.79 Å². The van der Waals surface area contributed by atoms with Gasteiger partial charge in [-0.05, 0) is 12.8 Å². The van der Waals surface area contributed by atoms with E-state index >= 15 is 0 Å². The Labute approximate surface area is 109 Å². The van der Waals surface area contributed by atoms with Crippen LogP contribution in [0.3, 0.4) is 0 Å². The standard InChI is InChI=1S/C12H22N2O3S/c1-11(15)13-7-9-14(10-8-13)18(16,17)12-5-3-2-4-6-12/h12H,2-10H2,1H3. The number of nitrogens with zero attached hydrogens (tertiary/aromatic N) is 2. The summed E-state index contributed by atoms with van der Waals surface area (Å²) >= 11 is 0. The smallest absolute Gasteiger partial charge is 0.219 e. The lowest BCUT2D eigenvalue weighted by molar-refractivity contribution is -0.129. The second kappa shape index (κ2) is 5.57. The van der Waals surface area contributed by atoms with Crippen molar-refractivity contribution in [1.82, 2.24) is 9.21 Å². The zero-order valence-corrected chi connectivity index (χ0v) is 11.8. The number of amides is 1. The fourth-order valence-electron chi connectivity index (χ4n) is 2.83. The molecule has 104 valence electrons. The van der Waals surface area contributed by atoms with Crippen molar-refractivity contribution in [2.45, 2.75) is 44.3 Å². The third-order valence-corrected chi connectivity index (χ3v) is 6.42. The molecular formula is C12H22N2O3S. The van der Waals surface area contributed by atoms with Gasteiger partial charge in [0.05, 0.1) is 5.25 Å². The van der Waals surface area contributed by atoms with Crippen LogP contribution in [0.25, 0.3) is 0 Å². The highest BCUT2D eigenvalue weighted by molar-refractivity contribution is 7.89. The van der Waals surface area contributed by atoms with Gasteiger partial charge in [-0.1, -0.05) is 19.3 Å². The lowest BCUT2D eigenvalue weighted by Crippen LogP contribution is -2.52. The Morgan fingerprint density at radius 1 is 1.00 bits per heavy atom. The van der Waals surface area contributed by atoms with Gasteiger partial charge in [-0.25, -0.2) is 8.42 Å². The van der Waals surface area contributed by atoms with Crippen LogP contribution in [-0.2, 0) is 14.8 Å². The Bertz CT molecular complexity index is 394. The summed E-state index contributed by atoms with van der Waals surface area (Å²) in [5.41, 5.74) is 0. The summed E-state index contributed by atoms with van der Waals surface area (Å²) in [6.45, 7) is 3.50. The molecule has 0 aromatic heterocycles. The van der Waals surface area contributed by atoms with E-state index < -0.39 is 10.0 Å². The van der Waals surface area contributed by atoms with Crippen LogP contribution >= 0.6 is 0 Å². The highest BCUT2D eigenvalue weighted by atomic mass is 32.2. The summed E-state index contributed by atoms with van der Waals surface area (Å²) in [6, 6.07) is 0. The SMILES string of the molecule is CC(=O)N1CCN(S(=O)(=O)C2CCCCC2)CC1. The van der Waals surface area contributed by atoms with Crippen LogP contribution < -0.4 is 0 Å². The fourth-order valence-corrected chi connectivity index (χ4v) is 4.85. The van der Waals surface area contributed by atoms with Crippen LogP contribution in [0.5, 0.6) is 0 Å². The number of hydrogen-bond donors (Lipinski definition) is 0. The molecule has 0 N–H and O–H groups in total. The molecule has 1 heterocycles. The molecule has 6 heteroatoms. The van der Waals surface area contributed by atoms with E-state index in [4.69, 9.17) is 0 Å². The van der Waals surface area contributed by atoms with Gasteiger partial charge >= 0.3 is 0 Å². The Hall–Kier alpha value is -0.620. The van der Waals surface area contributed by atoms with Gasteiger partial charge in [0, 0.05) is 33.1 Å². The summed E-state index contributed by atoms with van der Waals surface area (Å²) in [7, 11) is -3.14. The van der Waals surface area contributed by atoms with E-state index in [9.17, 15) is 13.2 Å². The Balaban J connectivity index is 1.97. The average molecular weight is 274 g/mol. The van der Waals surface area contributed by atoms with E-state index in [1.165, 1.54) is 6.92 Å². The second-order valence-electron chi connectivity index (χ2n) is 5.21. The minimum atomic E-state index is -3.14. The summed E-state index contributed by atoms with van der Waals surface area (Å²) in [5.74, 6) is 0.0321. The van der Waals surface area contributed by atoms with Gasteiger partial charge in [-0.15, -0.1) is 0 Å². The molecule has 1 amide bonds. The van der Waals surface area contributed by atoms with E-state index in [-0.39, 0.29) is 11.2 Å². The Kier molecular flexibility index (Phi) is 4.27. The van der Waals surface area contributed by atoms with Crippen molar-refractivity contribution in [1.29, 1.82) is 0 Å². The number of sulfonamides is 1. The summed E-state index contributed by atoms with van der Waals surface area (Å²) in [4.78, 5) is 12.9. The van der Waals surface area contributed by atoms with Gasteiger partial charge in [-0.2, -0.15) is 4.31 Å². The van der Waals surface area contributed by atoms with Gasteiger partial charge < -0.3 is 4.90 Å². The topological polar surface area (TPSA) is 57.7 Å². The van der Waals surface area contributed by atoms with E-state index in [1.54, 1.807) is 9.21 Å². The number of rotatable bonds is 2. The first-order valence-electron chi connectivity index (χ1n) is 6.76. The van der Waals surface area contributed by atoms with Crippen LogP contribution in [0, 0.1) is 0 Å². The third-order valence-electron chi connectivity index (χ3n) is 4.02. The first-order valence-corrected chi connectivity index (χ1v) is 8.26. The van der Waals surface area contributed by atoms with Gasteiger partial charge in [0.2, 0.25) is 15.9 Å². The molecule has 2 fully saturated rings. The molecule has 1 aliphatic carbocycles. The first kappa shape index (κ1) is 13.8. The summed E-state index contributed by atoms with van der Waals surface area (Å²) in [6.07, 6.45) is 4.81. The van der Waals surface area contributed by atoms with E-state index in [2.05, 4.69) is 0 Å². The monoisotopic (exact) mass is 274 g/mol. The van der Waals surface area contributed by atoms with Crippen molar-refractivity contribution < 1.29 is 13.2 Å². The van der Waals surface area contributed by atoms with Crippen LogP contribution in [0.15, 0.2) is 0 Å². The molecule has 18 heavy (non-hydrogen) atoms. The zero-order valence-electron chi connectivity index (χ0n) is 11.0. The van der Waals surface area contributed by atoms with Crippen molar-refractivity contribution in [2.75, 3.05) is 26.2 Å². The first-order chi connectivity index (χ1) is 8.51. The minimum absolute atomic E-state index is 0.0321. The average Bonchev–Trinajstić information content (AvgIpc) is 2.40. The van der Waals surface area contributed by atoms with Crippen molar-refractivity contribution >= 4 is 15.9 Å². The van der Waals surface area contributed by atoms with Crippen molar-refractivity contribution in [3.05, 3.63) is 0 Å². The van der Waals surface area contributed by atoms with Crippen molar-refractivity contribution in [3.63, 3.8) is 0 Å². The van der Waals surface area contributed by atoms with Crippen molar-refractivity contribution in [2.24, 2.45) is 0 Å². The number of hydrogen-bond acceptors (Lipinski definition) is 3. The molecule has 0 aromatic carbocycles. The highest BCUT2D eigenvalue weighted by Gasteiger charge is 2.34. The lowest BCUT2D eigenvalue weighted by Gasteiger charge is -2.36. The highest BCUT2D eigenvalue weighted by Crippen LogP contribution is 2.26. The molecule has 5 nitrogen and oxygen atoms in total. The number of carbonyl (C=O) groups is 1. The zero-order chi connectivity index (χ0) is 13.2. The molecule has 2 aliphatic rings. The predicted octanol–water partition coefficient (Wildman–Crippen LogP) is 0.813. The maximum atomic E-state index is 12.4. The minimum Gasteiger partial charge on any atom is -0.340 e. The molecule has 0 radical (unpaired) electrons. The van der Waals surface area contributed by atoms with Gasteiger partial charge in [0.15, 0.2) is 0 Å². The predicted molar refractivity (Wildman–Crippen MR) is 69.6 cm³/mol. The van der Waals surface area contributed by atoms with E-state index in [0.29, 0.717) is 26.2 Å². The summed E-state index contributed by atoms with van der Waals surface area (Å²) in [5, 5.41) is -0.185. The second-order valence-corrected chi connectivity index (χ2v) is 7.42. The molecule has 0 aromatic rings. The van der Waals surface area contributed by atoms with Crippen LogP contribution in [0.2, 0.25) is 0 Å². The fraction of sp³-hybridized carbons (Fsp3) is 0.917. The third kappa shape index (κ3) is 2.85. The van der Waals surface area contributed by atoms with Gasteiger partial charge in [0.25, 0.3) is 0 Å². The Morgan fingerprint density at radius 2 is 1.56 bits per heavy atom. The molecule has 0 unspecified atom stereocenters.